The zero-order chi connectivity index (χ0) is 29.6. The SMILES string of the molecule is CC1=C2C(O)C(=O)C3(C)C(O)CC4OCC4(O)C3C(C)C(O)(CC1OC(=O)C(O)C(C)c1ccccc1)C2(C)C.[Ac].[Ac]. The van der Waals surface area contributed by atoms with Gasteiger partial charge < -0.3 is 35.0 Å². The van der Waals surface area contributed by atoms with Crippen molar-refractivity contribution in [3.8, 4) is 0 Å². The minimum atomic E-state index is -1.72. The van der Waals surface area contributed by atoms with E-state index < -0.39 is 82.1 Å². The molecule has 11 unspecified atom stereocenters. The number of aliphatic hydroxyl groups excluding tert-OH is 3. The molecule has 0 amide bonds. The molecule has 11 atom stereocenters. The van der Waals surface area contributed by atoms with Gasteiger partial charge in [0.1, 0.15) is 17.8 Å². The molecule has 1 aromatic rings. The zero-order valence-corrected chi connectivity index (χ0v) is 34.6. The third-order valence-electron chi connectivity index (χ3n) is 11.2. The Labute approximate surface area is 318 Å². The third kappa shape index (κ3) is 5.25. The number of hydrogen-bond acceptors (Lipinski definition) is 9. The van der Waals surface area contributed by atoms with Crippen LogP contribution < -0.4 is 0 Å². The van der Waals surface area contributed by atoms with Crippen molar-refractivity contribution < 1.29 is 133 Å². The molecule has 1 heterocycles. The van der Waals surface area contributed by atoms with E-state index in [4.69, 9.17) is 9.47 Å². The molecule has 2 radical (unpaired) electrons. The molecule has 226 valence electrons. The molecular formula is C31H42Ac2O9. The molecule has 5 rings (SSSR count). The van der Waals surface area contributed by atoms with Crippen LogP contribution in [-0.4, -0.2) is 85.6 Å². The van der Waals surface area contributed by atoms with Crippen molar-refractivity contribution in [2.24, 2.45) is 22.7 Å². The van der Waals surface area contributed by atoms with Crippen LogP contribution in [0, 0.1) is 111 Å². The number of hydrogen-bond donors (Lipinski definition) is 5. The van der Waals surface area contributed by atoms with Gasteiger partial charge in [0.05, 0.1) is 29.8 Å². The Morgan fingerprint density at radius 2 is 1.69 bits per heavy atom. The summed E-state index contributed by atoms with van der Waals surface area (Å²) in [5.74, 6) is -3.82. The van der Waals surface area contributed by atoms with Gasteiger partial charge in [-0.3, -0.25) is 4.79 Å². The first-order valence-electron chi connectivity index (χ1n) is 14.1. The number of ketones is 1. The predicted octanol–water partition coefficient (Wildman–Crippen LogP) is 1.64. The largest absolute Gasteiger partial charge is 0.456 e. The average Bonchev–Trinajstić information content (AvgIpc) is 2.91. The monoisotopic (exact) mass is 1010 g/mol. The predicted molar refractivity (Wildman–Crippen MR) is 144 cm³/mol. The van der Waals surface area contributed by atoms with E-state index in [2.05, 4.69) is 0 Å². The van der Waals surface area contributed by atoms with Gasteiger partial charge in [0.25, 0.3) is 0 Å². The number of carbonyl (C=O) groups excluding carboxylic acids is 2. The molecule has 5 N–H and O–H groups in total. The molecule has 2 bridgehead atoms. The second-order valence-electron chi connectivity index (χ2n) is 13.3. The van der Waals surface area contributed by atoms with Gasteiger partial charge in [0, 0.05) is 118 Å². The van der Waals surface area contributed by atoms with E-state index in [0.29, 0.717) is 5.57 Å². The van der Waals surface area contributed by atoms with E-state index in [-0.39, 0.29) is 113 Å². The first-order chi connectivity index (χ1) is 18.5. The summed E-state index contributed by atoms with van der Waals surface area (Å²) in [6, 6.07) is 9.07. The molecule has 1 aromatic carbocycles. The van der Waals surface area contributed by atoms with E-state index in [9.17, 15) is 35.1 Å². The number of esters is 1. The van der Waals surface area contributed by atoms with Gasteiger partial charge in [-0.15, -0.1) is 0 Å². The van der Waals surface area contributed by atoms with Crippen LogP contribution in [0.5, 0.6) is 0 Å². The summed E-state index contributed by atoms with van der Waals surface area (Å²) in [4.78, 5) is 27.3. The molecule has 4 aliphatic rings. The Morgan fingerprint density at radius 3 is 2.24 bits per heavy atom. The summed E-state index contributed by atoms with van der Waals surface area (Å²) in [7, 11) is 0. The van der Waals surface area contributed by atoms with Gasteiger partial charge in [-0.1, -0.05) is 58.0 Å². The molecule has 1 saturated heterocycles. The van der Waals surface area contributed by atoms with Crippen molar-refractivity contribution in [3.05, 3.63) is 47.0 Å². The van der Waals surface area contributed by atoms with Crippen LogP contribution in [0.15, 0.2) is 41.5 Å². The Balaban J connectivity index is 0.00000242. The van der Waals surface area contributed by atoms with Gasteiger partial charge in [-0.2, -0.15) is 0 Å². The second kappa shape index (κ2) is 12.7. The molecule has 1 aliphatic heterocycles. The number of rotatable bonds is 4. The Bertz CT molecular complexity index is 1240. The topological polar surface area (TPSA) is 154 Å². The number of Topliss-reactive ketones (excluding diaryl/α,β-unsaturated/α-hetero) is 1. The molecule has 0 spiro atoms. The van der Waals surface area contributed by atoms with Crippen molar-refractivity contribution in [3.63, 3.8) is 0 Å². The molecule has 3 aliphatic carbocycles. The number of carbonyl (C=O) groups is 2. The van der Waals surface area contributed by atoms with Crippen molar-refractivity contribution in [1.29, 1.82) is 0 Å². The van der Waals surface area contributed by atoms with Gasteiger partial charge in [0.15, 0.2) is 11.9 Å². The molecule has 11 heteroatoms. The number of benzene rings is 1. The minimum absolute atomic E-state index is 0. The first kappa shape index (κ1) is 37.2. The standard InChI is InChI=1S/C31H42O9.2Ac/c1-15(18-10-8-7-9-11-18)23(33)27(36)40-19-13-31(38)17(3)25-29(6,20(32)12-21-30(25,37)14-39-21)26(35)24(34)22(16(19)2)28(31,4)5;;/h7-11,15,17,19-21,23-25,32-34,37-38H,12-14H2,1-6H3;;. The number of ether oxygens (including phenoxy) is 2. The summed E-state index contributed by atoms with van der Waals surface area (Å²) in [6.07, 6.45) is -6.20. The van der Waals surface area contributed by atoms with Crippen LogP contribution in [0.3, 0.4) is 0 Å². The number of fused-ring (bicyclic) bond motifs is 5. The van der Waals surface area contributed by atoms with Gasteiger partial charge >= 0.3 is 5.97 Å². The zero-order valence-electron chi connectivity index (χ0n) is 25.2. The van der Waals surface area contributed by atoms with Gasteiger partial charge in [-0.25, -0.2) is 4.79 Å². The van der Waals surface area contributed by atoms with Crippen molar-refractivity contribution in [2.75, 3.05) is 6.61 Å². The van der Waals surface area contributed by atoms with E-state index in [1.54, 1.807) is 53.7 Å². The summed E-state index contributed by atoms with van der Waals surface area (Å²) in [6.45, 7) is 10.1. The molecule has 3 fully saturated rings. The first-order valence-corrected chi connectivity index (χ1v) is 14.1. The average molecular weight is 1010 g/mol. The summed E-state index contributed by atoms with van der Waals surface area (Å²) in [5, 5.41) is 58.1. The fraction of sp³-hybridized carbons (Fsp3) is 0.677. The molecule has 9 nitrogen and oxygen atoms in total. The normalized spacial score (nSPS) is 41.7. The molecular weight excluding hydrogens is 970 g/mol. The Kier molecular flexibility index (Phi) is 11.3. The van der Waals surface area contributed by atoms with Crippen LogP contribution in [-0.2, 0) is 19.1 Å². The maximum atomic E-state index is 14.1. The Hall–Kier alpha value is 0.743. The van der Waals surface area contributed by atoms with Gasteiger partial charge in [-0.05, 0) is 36.5 Å². The smallest absolute Gasteiger partial charge is 0.336 e. The maximum absolute atomic E-state index is 14.1. The Morgan fingerprint density at radius 1 is 1.10 bits per heavy atom. The van der Waals surface area contributed by atoms with E-state index in [1.807, 2.05) is 18.2 Å². The van der Waals surface area contributed by atoms with Crippen molar-refractivity contribution >= 4 is 11.8 Å². The maximum Gasteiger partial charge on any atom is 0.336 e. The van der Waals surface area contributed by atoms with Crippen LogP contribution in [0.1, 0.15) is 65.9 Å². The molecule has 0 aromatic heterocycles. The summed E-state index contributed by atoms with van der Waals surface area (Å²) in [5.41, 5.74) is -4.48. The van der Waals surface area contributed by atoms with E-state index >= 15 is 0 Å². The van der Waals surface area contributed by atoms with Crippen LogP contribution >= 0.6 is 0 Å². The summed E-state index contributed by atoms with van der Waals surface area (Å²) >= 11 is 0. The quantitative estimate of drug-likeness (QED) is 0.224. The minimum Gasteiger partial charge on any atom is -0.456 e. The number of aliphatic hydroxyl groups is 5. The van der Waals surface area contributed by atoms with Crippen LogP contribution in [0.4, 0.5) is 0 Å². The molecule has 42 heavy (non-hydrogen) atoms. The van der Waals surface area contributed by atoms with E-state index in [1.165, 1.54) is 0 Å². The van der Waals surface area contributed by atoms with E-state index in [0.717, 1.165) is 5.56 Å². The fourth-order valence-electron chi connectivity index (χ4n) is 8.47. The van der Waals surface area contributed by atoms with Crippen molar-refractivity contribution in [2.45, 2.75) is 102 Å². The van der Waals surface area contributed by atoms with Crippen LogP contribution in [0.2, 0.25) is 0 Å². The fourth-order valence-corrected chi connectivity index (χ4v) is 8.47. The second-order valence-corrected chi connectivity index (χ2v) is 13.3. The van der Waals surface area contributed by atoms with Crippen LogP contribution in [0.25, 0.3) is 0 Å². The summed E-state index contributed by atoms with van der Waals surface area (Å²) < 4.78 is 11.4. The molecule has 2 saturated carbocycles. The van der Waals surface area contributed by atoms with Crippen molar-refractivity contribution in [1.82, 2.24) is 0 Å². The van der Waals surface area contributed by atoms with Gasteiger partial charge in [0.2, 0.25) is 0 Å². The third-order valence-corrected chi connectivity index (χ3v) is 11.2.